The van der Waals surface area contributed by atoms with E-state index >= 15 is 0 Å². The summed E-state index contributed by atoms with van der Waals surface area (Å²) in [4.78, 5) is 2.73. The molecule has 1 nitrogen and oxygen atoms in total. The Morgan fingerprint density at radius 3 is 2.36 bits per heavy atom. The smallest absolute Gasteiger partial charge is 0.101 e. The van der Waals surface area contributed by atoms with Crippen molar-refractivity contribution in [2.45, 2.75) is 0 Å². The molecule has 0 aliphatic rings. The summed E-state index contributed by atoms with van der Waals surface area (Å²) in [5, 5.41) is 0. The third-order valence-corrected chi connectivity index (χ3v) is 2.76. The summed E-state index contributed by atoms with van der Waals surface area (Å²) in [6.07, 6.45) is 3.94. The fourth-order valence-electron chi connectivity index (χ4n) is 0.890. The van der Waals surface area contributed by atoms with Crippen molar-refractivity contribution in [2.75, 3.05) is 14.1 Å². The van der Waals surface area contributed by atoms with Crippen molar-refractivity contribution in [2.24, 2.45) is 0 Å². The van der Waals surface area contributed by atoms with E-state index in [2.05, 4.69) is 15.9 Å². The van der Waals surface area contributed by atoms with E-state index in [1.165, 1.54) is 0 Å². The van der Waals surface area contributed by atoms with Crippen molar-refractivity contribution in [1.82, 2.24) is 4.90 Å². The third-order valence-electron chi connectivity index (χ3n) is 1.73. The van der Waals surface area contributed by atoms with Crippen LogP contribution >= 0.6 is 28.1 Å². The molecule has 1 aromatic carbocycles. The van der Waals surface area contributed by atoms with Gasteiger partial charge in [0.05, 0.1) is 0 Å². The van der Waals surface area contributed by atoms with Gasteiger partial charge in [0.2, 0.25) is 0 Å². The molecule has 0 atom stereocenters. The quantitative estimate of drug-likeness (QED) is 0.599. The molecule has 0 amide bonds. The van der Waals surface area contributed by atoms with Crippen LogP contribution in [0.2, 0.25) is 0 Å². The zero-order chi connectivity index (χ0) is 10.6. The molecule has 0 saturated heterocycles. The normalized spacial score (nSPS) is 10.5. The Morgan fingerprint density at radius 1 is 1.29 bits per heavy atom. The lowest BCUT2D eigenvalue weighted by atomic mass is 10.2. The van der Waals surface area contributed by atoms with Gasteiger partial charge in [0.1, 0.15) is 4.99 Å². The molecule has 14 heavy (non-hydrogen) atoms. The third kappa shape index (κ3) is 3.60. The lowest BCUT2D eigenvalue weighted by Gasteiger charge is -2.08. The number of halogens is 1. The minimum Gasteiger partial charge on any atom is -0.369 e. The number of nitrogens with zero attached hydrogens (tertiary/aromatic N) is 1. The van der Waals surface area contributed by atoms with Crippen LogP contribution in [-0.4, -0.2) is 24.0 Å². The topological polar surface area (TPSA) is 3.24 Å². The van der Waals surface area contributed by atoms with Crippen LogP contribution in [0.5, 0.6) is 0 Å². The van der Waals surface area contributed by atoms with Crippen LogP contribution in [0.25, 0.3) is 6.08 Å². The van der Waals surface area contributed by atoms with E-state index < -0.39 is 0 Å². The number of likely N-dealkylation sites (N-methyl/N-ethyl adjacent to an activating group) is 1. The second kappa shape index (κ2) is 5.27. The highest BCUT2D eigenvalue weighted by atomic mass is 79.9. The van der Waals surface area contributed by atoms with Crippen LogP contribution in [0.1, 0.15) is 5.56 Å². The van der Waals surface area contributed by atoms with Gasteiger partial charge >= 0.3 is 0 Å². The number of thiocarbonyl (C=S) groups is 1. The predicted octanol–water partition coefficient (Wildman–Crippen LogP) is 3.35. The van der Waals surface area contributed by atoms with Gasteiger partial charge in [-0.1, -0.05) is 46.4 Å². The van der Waals surface area contributed by atoms with Gasteiger partial charge in [0.25, 0.3) is 0 Å². The fourth-order valence-corrected chi connectivity index (χ4v) is 1.22. The molecule has 0 heterocycles. The van der Waals surface area contributed by atoms with Gasteiger partial charge in [-0.3, -0.25) is 0 Å². The first-order chi connectivity index (χ1) is 6.59. The van der Waals surface area contributed by atoms with Crippen molar-refractivity contribution < 1.29 is 0 Å². The minimum atomic E-state index is 0.827. The Balaban J connectivity index is 2.69. The Morgan fingerprint density at radius 2 is 1.86 bits per heavy atom. The van der Waals surface area contributed by atoms with Crippen molar-refractivity contribution in [3.8, 4) is 0 Å². The molecule has 0 radical (unpaired) electrons. The van der Waals surface area contributed by atoms with Crippen molar-refractivity contribution >= 4 is 39.2 Å². The summed E-state index contributed by atoms with van der Waals surface area (Å²) < 4.78 is 1.09. The molecule has 0 N–H and O–H groups in total. The van der Waals surface area contributed by atoms with Crippen molar-refractivity contribution in [3.63, 3.8) is 0 Å². The largest absolute Gasteiger partial charge is 0.369 e. The molecular weight excluding hydrogens is 258 g/mol. The maximum atomic E-state index is 5.13. The fraction of sp³-hybridized carbons (Fsp3) is 0.182. The summed E-state index contributed by atoms with van der Waals surface area (Å²) in [6, 6.07) is 8.11. The summed E-state index contributed by atoms with van der Waals surface area (Å²) in [5.41, 5.74) is 1.15. The standard InChI is InChI=1S/C11H12BrNS/c1-13(2)11(14)8-5-9-3-6-10(12)7-4-9/h3-8H,1-2H3/b8-5+. The highest BCUT2D eigenvalue weighted by Gasteiger charge is 1.92. The zero-order valence-corrected chi connectivity index (χ0v) is 10.6. The van der Waals surface area contributed by atoms with E-state index in [0.717, 1.165) is 15.0 Å². The van der Waals surface area contributed by atoms with Gasteiger partial charge in [-0.2, -0.15) is 0 Å². The van der Waals surface area contributed by atoms with Crippen molar-refractivity contribution in [3.05, 3.63) is 40.4 Å². The van der Waals surface area contributed by atoms with Gasteiger partial charge in [-0.15, -0.1) is 0 Å². The van der Waals surface area contributed by atoms with Gasteiger partial charge < -0.3 is 4.90 Å². The summed E-state index contributed by atoms with van der Waals surface area (Å²) >= 11 is 8.52. The second-order valence-corrected chi connectivity index (χ2v) is 4.45. The number of benzene rings is 1. The van der Waals surface area contributed by atoms with Crippen LogP contribution in [0, 0.1) is 0 Å². The number of hydrogen-bond donors (Lipinski definition) is 0. The van der Waals surface area contributed by atoms with Gasteiger partial charge in [0, 0.05) is 18.6 Å². The van der Waals surface area contributed by atoms with Gasteiger partial charge in [-0.05, 0) is 23.8 Å². The predicted molar refractivity (Wildman–Crippen MR) is 69.5 cm³/mol. The molecule has 0 aromatic heterocycles. The average Bonchev–Trinajstić information content (AvgIpc) is 2.16. The number of hydrogen-bond acceptors (Lipinski definition) is 1. The van der Waals surface area contributed by atoms with E-state index in [1.54, 1.807) is 0 Å². The second-order valence-electron chi connectivity index (χ2n) is 3.12. The Bertz CT molecular complexity index is 341. The Hall–Kier alpha value is -0.670. The zero-order valence-electron chi connectivity index (χ0n) is 8.20. The molecular formula is C11H12BrNS. The van der Waals surface area contributed by atoms with E-state index in [4.69, 9.17) is 12.2 Å². The molecule has 1 rings (SSSR count). The maximum Gasteiger partial charge on any atom is 0.101 e. The lowest BCUT2D eigenvalue weighted by molar-refractivity contribution is 0.639. The van der Waals surface area contributed by atoms with Gasteiger partial charge in [0.15, 0.2) is 0 Å². The summed E-state index contributed by atoms with van der Waals surface area (Å²) in [5.74, 6) is 0. The first-order valence-electron chi connectivity index (χ1n) is 4.24. The summed E-state index contributed by atoms with van der Waals surface area (Å²) in [7, 11) is 3.88. The average molecular weight is 270 g/mol. The van der Waals surface area contributed by atoms with E-state index in [-0.39, 0.29) is 0 Å². The molecule has 0 spiro atoms. The lowest BCUT2D eigenvalue weighted by Crippen LogP contribution is -2.16. The Labute approximate surface area is 98.6 Å². The highest BCUT2D eigenvalue weighted by molar-refractivity contribution is 9.10. The summed E-state index contributed by atoms with van der Waals surface area (Å²) in [6.45, 7) is 0. The van der Waals surface area contributed by atoms with Crippen LogP contribution < -0.4 is 0 Å². The van der Waals surface area contributed by atoms with E-state index in [9.17, 15) is 0 Å². The molecule has 1 aromatic rings. The Kier molecular flexibility index (Phi) is 4.29. The SMILES string of the molecule is CN(C)C(=S)/C=C/c1ccc(Br)cc1. The molecule has 0 aliphatic carbocycles. The van der Waals surface area contributed by atoms with E-state index in [1.807, 2.05) is 55.4 Å². The van der Waals surface area contributed by atoms with Crippen LogP contribution in [0.3, 0.4) is 0 Å². The maximum absolute atomic E-state index is 5.13. The molecule has 3 heteroatoms. The van der Waals surface area contributed by atoms with Crippen LogP contribution in [-0.2, 0) is 0 Å². The molecule has 0 unspecified atom stereocenters. The minimum absolute atomic E-state index is 0.827. The van der Waals surface area contributed by atoms with E-state index in [0.29, 0.717) is 0 Å². The first kappa shape index (κ1) is 11.4. The van der Waals surface area contributed by atoms with Gasteiger partial charge in [-0.25, -0.2) is 0 Å². The molecule has 0 bridgehead atoms. The molecule has 0 saturated carbocycles. The van der Waals surface area contributed by atoms with Crippen LogP contribution in [0.15, 0.2) is 34.8 Å². The first-order valence-corrected chi connectivity index (χ1v) is 5.44. The van der Waals surface area contributed by atoms with Crippen LogP contribution in [0.4, 0.5) is 0 Å². The molecule has 74 valence electrons. The van der Waals surface area contributed by atoms with Crippen molar-refractivity contribution in [1.29, 1.82) is 0 Å². The highest BCUT2D eigenvalue weighted by Crippen LogP contribution is 2.11. The molecule has 0 aliphatic heterocycles. The number of rotatable bonds is 2. The monoisotopic (exact) mass is 269 g/mol. The molecule has 0 fully saturated rings.